The summed E-state index contributed by atoms with van der Waals surface area (Å²) < 4.78 is 1.91. The maximum Gasteiger partial charge on any atom is 0.0694 e. The summed E-state index contributed by atoms with van der Waals surface area (Å²) in [7, 11) is 1.99. The summed E-state index contributed by atoms with van der Waals surface area (Å²) in [5.41, 5.74) is 2.92. The van der Waals surface area contributed by atoms with E-state index in [4.69, 9.17) is 0 Å². The third-order valence-electron chi connectivity index (χ3n) is 3.36. The van der Waals surface area contributed by atoms with Crippen LogP contribution in [0.25, 0.3) is 0 Å². The Hall–Kier alpha value is -0.830. The monoisotopic (exact) mass is 237 g/mol. The highest BCUT2D eigenvalue weighted by Crippen LogP contribution is 2.20. The fraction of sp³-hybridized carbons (Fsp3) is 0.786. The Morgan fingerprint density at radius 2 is 2.06 bits per heavy atom. The molecule has 0 radical (unpaired) electrons. The summed E-state index contributed by atoms with van der Waals surface area (Å²) in [4.78, 5) is 0. The Balaban J connectivity index is 2.57. The number of nitrogens with one attached hydrogen (secondary N) is 1. The number of aryl methyl sites for hydroxylation is 1. The van der Waals surface area contributed by atoms with Crippen LogP contribution in [-0.2, 0) is 13.6 Å². The smallest absolute Gasteiger partial charge is 0.0694 e. The molecule has 1 N–H and O–H groups in total. The quantitative estimate of drug-likeness (QED) is 0.824. The SMILES string of the molecule is CCC(C)(C)CNCc1cn(C)nc1C(C)C. The zero-order valence-corrected chi connectivity index (χ0v) is 12.2. The molecule has 0 aliphatic rings. The molecule has 0 atom stereocenters. The van der Waals surface area contributed by atoms with Gasteiger partial charge < -0.3 is 5.32 Å². The van der Waals surface area contributed by atoms with Crippen LogP contribution in [0, 0.1) is 5.41 Å². The fourth-order valence-electron chi connectivity index (χ4n) is 1.84. The van der Waals surface area contributed by atoms with E-state index in [0.717, 1.165) is 13.1 Å². The zero-order chi connectivity index (χ0) is 13.1. The molecule has 98 valence electrons. The molecule has 0 aromatic carbocycles. The van der Waals surface area contributed by atoms with Crippen LogP contribution in [0.1, 0.15) is 58.2 Å². The molecule has 0 aliphatic carbocycles. The van der Waals surface area contributed by atoms with Crippen LogP contribution in [0.15, 0.2) is 6.20 Å². The molecule has 1 aromatic rings. The van der Waals surface area contributed by atoms with E-state index in [9.17, 15) is 0 Å². The predicted octanol–water partition coefficient (Wildman–Crippen LogP) is 3.07. The first kappa shape index (κ1) is 14.2. The van der Waals surface area contributed by atoms with E-state index in [2.05, 4.69) is 51.2 Å². The molecule has 1 rings (SSSR count). The van der Waals surface area contributed by atoms with Gasteiger partial charge in [-0.3, -0.25) is 4.68 Å². The lowest BCUT2D eigenvalue weighted by molar-refractivity contribution is 0.327. The van der Waals surface area contributed by atoms with Crippen molar-refractivity contribution in [3.8, 4) is 0 Å². The van der Waals surface area contributed by atoms with Crippen molar-refractivity contribution in [1.29, 1.82) is 0 Å². The van der Waals surface area contributed by atoms with E-state index in [1.165, 1.54) is 17.7 Å². The minimum Gasteiger partial charge on any atom is -0.312 e. The van der Waals surface area contributed by atoms with Gasteiger partial charge in [-0.25, -0.2) is 0 Å². The van der Waals surface area contributed by atoms with E-state index in [-0.39, 0.29) is 0 Å². The molecular formula is C14H27N3. The molecule has 0 fully saturated rings. The van der Waals surface area contributed by atoms with Crippen LogP contribution in [0.3, 0.4) is 0 Å². The molecule has 0 amide bonds. The first-order chi connectivity index (χ1) is 7.85. The van der Waals surface area contributed by atoms with Crippen molar-refractivity contribution in [2.45, 2.75) is 53.5 Å². The van der Waals surface area contributed by atoms with E-state index in [1.807, 2.05) is 11.7 Å². The minimum atomic E-state index is 0.375. The van der Waals surface area contributed by atoms with Gasteiger partial charge in [0.05, 0.1) is 5.69 Å². The topological polar surface area (TPSA) is 29.9 Å². The van der Waals surface area contributed by atoms with Crippen molar-refractivity contribution in [2.24, 2.45) is 12.5 Å². The molecule has 1 aromatic heterocycles. The summed E-state index contributed by atoms with van der Waals surface area (Å²) in [6, 6.07) is 0. The summed E-state index contributed by atoms with van der Waals surface area (Å²) in [5, 5.41) is 8.07. The summed E-state index contributed by atoms with van der Waals surface area (Å²) in [6.45, 7) is 13.2. The van der Waals surface area contributed by atoms with Crippen molar-refractivity contribution in [3.63, 3.8) is 0 Å². The Bertz CT molecular complexity index is 350. The van der Waals surface area contributed by atoms with Crippen LogP contribution in [0.4, 0.5) is 0 Å². The van der Waals surface area contributed by atoms with Gasteiger partial charge in [0.2, 0.25) is 0 Å². The molecule has 0 unspecified atom stereocenters. The Kier molecular flexibility index (Phi) is 4.75. The number of nitrogens with zero attached hydrogens (tertiary/aromatic N) is 2. The maximum absolute atomic E-state index is 4.52. The van der Waals surface area contributed by atoms with Gasteiger partial charge in [0.1, 0.15) is 0 Å². The molecule has 0 saturated carbocycles. The Morgan fingerprint density at radius 3 is 2.59 bits per heavy atom. The lowest BCUT2D eigenvalue weighted by Crippen LogP contribution is -2.28. The normalized spacial score (nSPS) is 12.4. The van der Waals surface area contributed by atoms with Gasteiger partial charge >= 0.3 is 0 Å². The van der Waals surface area contributed by atoms with Crippen molar-refractivity contribution < 1.29 is 0 Å². The highest BCUT2D eigenvalue weighted by molar-refractivity contribution is 5.19. The fourth-order valence-corrected chi connectivity index (χ4v) is 1.84. The van der Waals surface area contributed by atoms with E-state index in [0.29, 0.717) is 11.3 Å². The molecule has 0 bridgehead atoms. The predicted molar refractivity (Wildman–Crippen MR) is 73.1 cm³/mol. The summed E-state index contributed by atoms with van der Waals surface area (Å²) in [5.74, 6) is 0.493. The second-order valence-corrected chi connectivity index (χ2v) is 5.99. The number of hydrogen-bond donors (Lipinski definition) is 1. The third-order valence-corrected chi connectivity index (χ3v) is 3.36. The van der Waals surface area contributed by atoms with Gasteiger partial charge in [-0.2, -0.15) is 5.10 Å². The average molecular weight is 237 g/mol. The molecule has 3 heteroatoms. The maximum atomic E-state index is 4.52. The molecule has 1 heterocycles. The lowest BCUT2D eigenvalue weighted by Gasteiger charge is -2.23. The van der Waals surface area contributed by atoms with Crippen molar-refractivity contribution >= 4 is 0 Å². The van der Waals surface area contributed by atoms with Crippen LogP contribution in [-0.4, -0.2) is 16.3 Å². The van der Waals surface area contributed by atoms with Crippen LogP contribution >= 0.6 is 0 Å². The standard InChI is InChI=1S/C14H27N3/c1-7-14(4,5)10-15-8-12-9-17(6)16-13(12)11(2)3/h9,11,15H,7-8,10H2,1-6H3. The van der Waals surface area contributed by atoms with Gasteiger partial charge in [-0.15, -0.1) is 0 Å². The van der Waals surface area contributed by atoms with E-state index in [1.54, 1.807) is 0 Å². The van der Waals surface area contributed by atoms with Crippen molar-refractivity contribution in [1.82, 2.24) is 15.1 Å². The molecule has 0 saturated heterocycles. The number of aromatic nitrogens is 2. The molecule has 17 heavy (non-hydrogen) atoms. The van der Waals surface area contributed by atoms with Gasteiger partial charge in [-0.05, 0) is 17.8 Å². The first-order valence-electron chi connectivity index (χ1n) is 6.59. The molecule has 0 aliphatic heterocycles. The second kappa shape index (κ2) is 5.67. The Morgan fingerprint density at radius 1 is 1.41 bits per heavy atom. The van der Waals surface area contributed by atoms with Crippen LogP contribution < -0.4 is 5.32 Å². The summed E-state index contributed by atoms with van der Waals surface area (Å²) >= 11 is 0. The van der Waals surface area contributed by atoms with E-state index >= 15 is 0 Å². The number of rotatable bonds is 6. The zero-order valence-electron chi connectivity index (χ0n) is 12.2. The van der Waals surface area contributed by atoms with Gasteiger partial charge in [0.25, 0.3) is 0 Å². The van der Waals surface area contributed by atoms with Gasteiger partial charge in [0, 0.05) is 31.9 Å². The average Bonchev–Trinajstić information content (AvgIpc) is 2.60. The van der Waals surface area contributed by atoms with Crippen molar-refractivity contribution in [2.75, 3.05) is 6.54 Å². The van der Waals surface area contributed by atoms with Gasteiger partial charge in [0.15, 0.2) is 0 Å². The highest BCUT2D eigenvalue weighted by atomic mass is 15.3. The largest absolute Gasteiger partial charge is 0.312 e. The molecular weight excluding hydrogens is 210 g/mol. The second-order valence-electron chi connectivity index (χ2n) is 5.99. The Labute approximate surface area is 106 Å². The van der Waals surface area contributed by atoms with Crippen LogP contribution in [0.5, 0.6) is 0 Å². The van der Waals surface area contributed by atoms with Crippen LogP contribution in [0.2, 0.25) is 0 Å². The lowest BCUT2D eigenvalue weighted by atomic mass is 9.90. The van der Waals surface area contributed by atoms with E-state index < -0.39 is 0 Å². The van der Waals surface area contributed by atoms with Gasteiger partial charge in [-0.1, -0.05) is 34.6 Å². The summed E-state index contributed by atoms with van der Waals surface area (Å²) in [6.07, 6.45) is 3.32. The molecule has 3 nitrogen and oxygen atoms in total. The first-order valence-corrected chi connectivity index (χ1v) is 6.59. The highest BCUT2D eigenvalue weighted by Gasteiger charge is 2.15. The van der Waals surface area contributed by atoms with Crippen molar-refractivity contribution in [3.05, 3.63) is 17.5 Å². The minimum absolute atomic E-state index is 0.375. The number of hydrogen-bond acceptors (Lipinski definition) is 2. The molecule has 0 spiro atoms. The third kappa shape index (κ3) is 4.15.